The van der Waals surface area contributed by atoms with E-state index < -0.39 is 5.54 Å². The lowest BCUT2D eigenvalue weighted by Gasteiger charge is -2.36. The Kier molecular flexibility index (Phi) is 8.22. The van der Waals surface area contributed by atoms with Gasteiger partial charge in [0, 0.05) is 12.1 Å². The number of nitriles is 1. The molecule has 0 aromatic carbocycles. The Bertz CT molecular complexity index is 255. The average molecular weight is 253 g/mol. The van der Waals surface area contributed by atoms with Crippen LogP contribution < -0.4 is 5.32 Å². The van der Waals surface area contributed by atoms with Crippen molar-refractivity contribution in [3.63, 3.8) is 0 Å². The molecule has 0 aromatic heterocycles. The fraction of sp³-hybridized carbons (Fsp3) is 0.933. The molecule has 0 bridgehead atoms. The predicted octanol–water partition coefficient (Wildman–Crippen LogP) is 3.17. The van der Waals surface area contributed by atoms with Crippen LogP contribution in [0.3, 0.4) is 0 Å². The minimum Gasteiger partial charge on any atom is -0.301 e. The van der Waals surface area contributed by atoms with Gasteiger partial charge in [0.05, 0.1) is 6.07 Å². The van der Waals surface area contributed by atoms with E-state index >= 15 is 0 Å². The Labute approximate surface area is 114 Å². The maximum Gasteiger partial charge on any atom is 0.105 e. The van der Waals surface area contributed by atoms with E-state index in [-0.39, 0.29) is 0 Å². The fourth-order valence-corrected chi connectivity index (χ4v) is 2.52. The highest BCUT2D eigenvalue weighted by Crippen LogP contribution is 2.18. The Morgan fingerprint density at radius 1 is 1.28 bits per heavy atom. The summed E-state index contributed by atoms with van der Waals surface area (Å²) in [6.07, 6.45) is 4.27. The van der Waals surface area contributed by atoms with E-state index in [0.717, 1.165) is 19.4 Å². The fourth-order valence-electron chi connectivity index (χ4n) is 2.52. The van der Waals surface area contributed by atoms with Crippen LogP contribution in [0.1, 0.15) is 60.3 Å². The summed E-state index contributed by atoms with van der Waals surface area (Å²) in [5.74, 6) is 0. The molecular formula is C15H31N3. The quantitative estimate of drug-likeness (QED) is 0.686. The summed E-state index contributed by atoms with van der Waals surface area (Å²) < 4.78 is 0. The van der Waals surface area contributed by atoms with Gasteiger partial charge < -0.3 is 4.90 Å². The molecule has 1 N–H and O–H groups in total. The Morgan fingerprint density at radius 3 is 2.22 bits per heavy atom. The SMILES string of the molecule is CCCNC(C)(C#N)CC(C)N(C)C(CC)CC. The van der Waals surface area contributed by atoms with Gasteiger partial charge in [-0.15, -0.1) is 0 Å². The van der Waals surface area contributed by atoms with Crippen LogP contribution in [-0.2, 0) is 0 Å². The molecule has 0 spiro atoms. The second kappa shape index (κ2) is 8.50. The highest BCUT2D eigenvalue weighted by molar-refractivity contribution is 5.05. The second-order valence-corrected chi connectivity index (χ2v) is 5.56. The highest BCUT2D eigenvalue weighted by atomic mass is 15.2. The zero-order chi connectivity index (χ0) is 14.2. The molecule has 0 aliphatic heterocycles. The zero-order valence-electron chi connectivity index (χ0n) is 13.1. The molecule has 0 heterocycles. The molecule has 106 valence electrons. The van der Waals surface area contributed by atoms with Crippen LogP contribution in [0.2, 0.25) is 0 Å². The van der Waals surface area contributed by atoms with Crippen molar-refractivity contribution in [2.45, 2.75) is 77.9 Å². The molecule has 0 saturated carbocycles. The van der Waals surface area contributed by atoms with Gasteiger partial charge in [-0.05, 0) is 53.1 Å². The minimum absolute atomic E-state index is 0.407. The van der Waals surface area contributed by atoms with E-state index in [4.69, 9.17) is 0 Å². The summed E-state index contributed by atoms with van der Waals surface area (Å²) in [6, 6.07) is 3.48. The van der Waals surface area contributed by atoms with Crippen molar-refractivity contribution in [3.8, 4) is 6.07 Å². The molecule has 0 aliphatic carbocycles. The van der Waals surface area contributed by atoms with Crippen LogP contribution in [0.5, 0.6) is 0 Å². The van der Waals surface area contributed by atoms with Crippen LogP contribution in [0.4, 0.5) is 0 Å². The van der Waals surface area contributed by atoms with Gasteiger partial charge >= 0.3 is 0 Å². The lowest BCUT2D eigenvalue weighted by molar-refractivity contribution is 0.149. The summed E-state index contributed by atoms with van der Waals surface area (Å²) in [7, 11) is 2.18. The molecule has 0 amide bonds. The summed E-state index contributed by atoms with van der Waals surface area (Å²) in [6.45, 7) is 11.7. The van der Waals surface area contributed by atoms with E-state index in [1.165, 1.54) is 12.8 Å². The van der Waals surface area contributed by atoms with Crippen molar-refractivity contribution in [3.05, 3.63) is 0 Å². The van der Waals surface area contributed by atoms with Gasteiger partial charge in [0.25, 0.3) is 0 Å². The number of nitrogens with zero attached hydrogens (tertiary/aromatic N) is 2. The monoisotopic (exact) mass is 253 g/mol. The van der Waals surface area contributed by atoms with Gasteiger partial charge in [0.2, 0.25) is 0 Å². The highest BCUT2D eigenvalue weighted by Gasteiger charge is 2.28. The molecule has 0 aromatic rings. The third kappa shape index (κ3) is 5.37. The van der Waals surface area contributed by atoms with Gasteiger partial charge in [-0.1, -0.05) is 20.8 Å². The third-order valence-electron chi connectivity index (χ3n) is 3.93. The van der Waals surface area contributed by atoms with Crippen LogP contribution in [0.25, 0.3) is 0 Å². The molecule has 0 saturated heterocycles. The van der Waals surface area contributed by atoms with E-state index in [9.17, 15) is 5.26 Å². The Balaban J connectivity index is 4.51. The second-order valence-electron chi connectivity index (χ2n) is 5.56. The van der Waals surface area contributed by atoms with Crippen LogP contribution in [-0.4, -0.2) is 36.1 Å². The largest absolute Gasteiger partial charge is 0.301 e. The van der Waals surface area contributed by atoms with Crippen molar-refractivity contribution in [2.75, 3.05) is 13.6 Å². The van der Waals surface area contributed by atoms with Crippen LogP contribution in [0.15, 0.2) is 0 Å². The molecule has 0 rings (SSSR count). The lowest BCUT2D eigenvalue weighted by atomic mass is 9.93. The number of hydrogen-bond donors (Lipinski definition) is 1. The smallest absolute Gasteiger partial charge is 0.105 e. The molecular weight excluding hydrogens is 222 g/mol. The molecule has 3 heteroatoms. The molecule has 0 aliphatic rings. The van der Waals surface area contributed by atoms with Crippen molar-refractivity contribution >= 4 is 0 Å². The molecule has 0 fully saturated rings. The van der Waals surface area contributed by atoms with Crippen molar-refractivity contribution < 1.29 is 0 Å². The first-order valence-corrected chi connectivity index (χ1v) is 7.32. The van der Waals surface area contributed by atoms with Gasteiger partial charge in [-0.25, -0.2) is 0 Å². The van der Waals surface area contributed by atoms with Crippen molar-refractivity contribution in [1.29, 1.82) is 5.26 Å². The van der Waals surface area contributed by atoms with Crippen LogP contribution >= 0.6 is 0 Å². The van der Waals surface area contributed by atoms with Gasteiger partial charge in [0.1, 0.15) is 5.54 Å². The van der Waals surface area contributed by atoms with Gasteiger partial charge in [-0.2, -0.15) is 5.26 Å². The first-order chi connectivity index (χ1) is 8.44. The Hall–Kier alpha value is -0.590. The van der Waals surface area contributed by atoms with Gasteiger partial charge in [0.15, 0.2) is 0 Å². The number of hydrogen-bond acceptors (Lipinski definition) is 3. The molecule has 3 nitrogen and oxygen atoms in total. The maximum absolute atomic E-state index is 9.36. The minimum atomic E-state index is -0.407. The van der Waals surface area contributed by atoms with E-state index in [1.807, 2.05) is 6.92 Å². The van der Waals surface area contributed by atoms with E-state index in [2.05, 4.69) is 51.0 Å². The average Bonchev–Trinajstić information content (AvgIpc) is 2.37. The van der Waals surface area contributed by atoms with E-state index in [0.29, 0.717) is 12.1 Å². The molecule has 2 unspecified atom stereocenters. The first kappa shape index (κ1) is 17.4. The summed E-state index contributed by atoms with van der Waals surface area (Å²) in [4.78, 5) is 2.42. The molecule has 2 atom stereocenters. The molecule has 0 radical (unpaired) electrons. The first-order valence-electron chi connectivity index (χ1n) is 7.32. The summed E-state index contributed by atoms with van der Waals surface area (Å²) in [5.41, 5.74) is -0.407. The third-order valence-corrected chi connectivity index (χ3v) is 3.93. The Morgan fingerprint density at radius 2 is 1.83 bits per heavy atom. The number of rotatable bonds is 9. The predicted molar refractivity (Wildman–Crippen MR) is 78.5 cm³/mol. The molecule has 18 heavy (non-hydrogen) atoms. The summed E-state index contributed by atoms with van der Waals surface area (Å²) in [5, 5.41) is 12.7. The normalized spacial score (nSPS) is 16.6. The van der Waals surface area contributed by atoms with Gasteiger partial charge in [-0.3, -0.25) is 5.32 Å². The topological polar surface area (TPSA) is 39.1 Å². The lowest BCUT2D eigenvalue weighted by Crippen LogP contribution is -2.48. The summed E-state index contributed by atoms with van der Waals surface area (Å²) >= 11 is 0. The number of nitrogens with one attached hydrogen (secondary N) is 1. The van der Waals surface area contributed by atoms with Crippen molar-refractivity contribution in [1.82, 2.24) is 10.2 Å². The standard InChI is InChI=1S/C15H31N3/c1-7-10-17-15(5,12-16)11-13(4)18(6)14(8-2)9-3/h13-14,17H,7-11H2,1-6H3. The zero-order valence-corrected chi connectivity index (χ0v) is 13.1. The maximum atomic E-state index is 9.36. The van der Waals surface area contributed by atoms with Crippen LogP contribution in [0, 0.1) is 11.3 Å². The van der Waals surface area contributed by atoms with Crippen molar-refractivity contribution in [2.24, 2.45) is 0 Å². The van der Waals surface area contributed by atoms with E-state index in [1.54, 1.807) is 0 Å².